The summed E-state index contributed by atoms with van der Waals surface area (Å²) in [7, 11) is 1.58. The normalized spacial score (nSPS) is 17.3. The van der Waals surface area contributed by atoms with Crippen LogP contribution in [0.2, 0.25) is 0 Å². The SMILES string of the molecule is COc1cc2c(cc1OCc1cc(COc3cc4c(cc3C)C(=O)N3c5ccccc5C[C@H]3C=N4)cc(NC(=O)CCCC(C)(C)S)c1)CC[C@@H]1Cc3ccccc3N1C2=O. The van der Waals surface area contributed by atoms with Crippen LogP contribution in [0.15, 0.2) is 96.0 Å². The summed E-state index contributed by atoms with van der Waals surface area (Å²) >= 11 is 4.62. The maximum absolute atomic E-state index is 14.0. The first kappa shape index (κ1) is 40.3. The summed E-state index contributed by atoms with van der Waals surface area (Å²) in [6.45, 7) is 6.38. The fourth-order valence-corrected chi connectivity index (χ4v) is 9.29. The third kappa shape index (κ3) is 8.23. The molecule has 5 aromatic rings. The number of nitrogens with one attached hydrogen (secondary N) is 1. The van der Waals surface area contributed by atoms with E-state index in [9.17, 15) is 14.4 Å². The van der Waals surface area contributed by atoms with Crippen molar-refractivity contribution in [1.82, 2.24) is 0 Å². The number of aliphatic imine (C=N–C) groups is 1. The van der Waals surface area contributed by atoms with Crippen molar-refractivity contribution >= 4 is 59.3 Å². The number of carbonyl (C=O) groups excluding carboxylic acids is 3. The van der Waals surface area contributed by atoms with Crippen molar-refractivity contribution in [3.05, 3.63) is 136 Å². The lowest BCUT2D eigenvalue weighted by Gasteiger charge is -2.23. The molecule has 4 aliphatic heterocycles. The molecule has 0 saturated carbocycles. The molecule has 0 fully saturated rings. The fourth-order valence-electron chi connectivity index (χ4n) is 9.13. The zero-order chi connectivity index (χ0) is 42.4. The van der Waals surface area contributed by atoms with E-state index in [4.69, 9.17) is 19.2 Å². The largest absolute Gasteiger partial charge is 0.493 e. The van der Waals surface area contributed by atoms with Gasteiger partial charge in [0.25, 0.3) is 11.8 Å². The summed E-state index contributed by atoms with van der Waals surface area (Å²) in [6, 6.07) is 29.4. The van der Waals surface area contributed by atoms with Crippen molar-refractivity contribution in [1.29, 1.82) is 0 Å². The number of thiol groups is 1. The molecule has 4 heterocycles. The van der Waals surface area contributed by atoms with Gasteiger partial charge in [-0.25, -0.2) is 0 Å². The highest BCUT2D eigenvalue weighted by Gasteiger charge is 2.38. The minimum absolute atomic E-state index is 0.0208. The summed E-state index contributed by atoms with van der Waals surface area (Å²) in [5.74, 6) is 1.44. The number of rotatable bonds is 12. The van der Waals surface area contributed by atoms with Crippen LogP contribution < -0.4 is 29.3 Å². The van der Waals surface area contributed by atoms with Crippen LogP contribution in [0.5, 0.6) is 17.2 Å². The predicted molar refractivity (Wildman–Crippen MR) is 243 cm³/mol. The van der Waals surface area contributed by atoms with Crippen molar-refractivity contribution in [2.45, 2.75) is 95.8 Å². The molecule has 0 aromatic heterocycles. The van der Waals surface area contributed by atoms with E-state index in [1.54, 1.807) is 7.11 Å². The average Bonchev–Trinajstić information content (AvgIpc) is 3.73. The number of carbonyl (C=O) groups is 3. The van der Waals surface area contributed by atoms with E-state index < -0.39 is 0 Å². The van der Waals surface area contributed by atoms with E-state index in [1.807, 2.05) is 116 Å². The van der Waals surface area contributed by atoms with Crippen LogP contribution >= 0.6 is 12.6 Å². The Morgan fingerprint density at radius 3 is 2.20 bits per heavy atom. The highest BCUT2D eigenvalue weighted by molar-refractivity contribution is 7.81. The lowest BCUT2D eigenvalue weighted by molar-refractivity contribution is -0.116. The number of anilines is 3. The van der Waals surface area contributed by atoms with Crippen molar-refractivity contribution < 1.29 is 28.6 Å². The van der Waals surface area contributed by atoms with Gasteiger partial charge in [0.2, 0.25) is 5.91 Å². The molecule has 4 aliphatic rings. The number of benzene rings is 5. The molecule has 0 saturated heterocycles. The molecule has 0 aliphatic carbocycles. The van der Waals surface area contributed by atoms with Gasteiger partial charge in [-0.2, -0.15) is 12.6 Å². The van der Waals surface area contributed by atoms with Crippen LogP contribution in [-0.2, 0) is 37.3 Å². The van der Waals surface area contributed by atoms with Crippen LogP contribution in [0, 0.1) is 6.92 Å². The highest BCUT2D eigenvalue weighted by Crippen LogP contribution is 2.42. The first-order chi connectivity index (χ1) is 29.4. The third-order valence-corrected chi connectivity index (χ3v) is 12.3. The molecule has 10 nitrogen and oxygen atoms in total. The number of methoxy groups -OCH3 is 1. The maximum atomic E-state index is 14.0. The van der Waals surface area contributed by atoms with E-state index in [2.05, 4.69) is 30.1 Å². The van der Waals surface area contributed by atoms with Crippen LogP contribution in [-0.4, -0.2) is 47.9 Å². The van der Waals surface area contributed by atoms with E-state index in [0.717, 1.165) is 71.3 Å². The van der Waals surface area contributed by atoms with Gasteiger partial charge in [-0.15, -0.1) is 0 Å². The molecule has 0 unspecified atom stereocenters. The van der Waals surface area contributed by atoms with Crippen molar-refractivity contribution in [2.75, 3.05) is 22.2 Å². The first-order valence-electron chi connectivity index (χ1n) is 21.1. The second-order valence-corrected chi connectivity index (χ2v) is 18.4. The Morgan fingerprint density at radius 2 is 1.48 bits per heavy atom. The molecule has 11 heteroatoms. The molecule has 5 aromatic carbocycles. The van der Waals surface area contributed by atoms with Crippen LogP contribution in [0.1, 0.15) is 93.6 Å². The lowest BCUT2D eigenvalue weighted by atomic mass is 9.99. The minimum atomic E-state index is -0.164. The van der Waals surface area contributed by atoms with Crippen molar-refractivity contribution in [2.24, 2.45) is 4.99 Å². The standard InChI is InChI=1S/C50H50N4O6S/c1-30-18-40-41(51-27-38-23-35-11-6-8-13-43(35)54(38)49(40)57)26-44(30)59-28-31-19-32(21-36(20-31)52-47(55)14-9-17-50(2,3)61)29-60-46-24-33-15-16-37-22-34-10-5-7-12-42(34)53(37)48(56)39(33)25-45(46)58-4/h5-8,10-13,18-21,24-27,37-38,61H,9,14-17,22-23,28-29H2,1-4H3,(H,52,55)/t37-,38+/m1/s1. The Balaban J connectivity index is 0.953. The summed E-state index contributed by atoms with van der Waals surface area (Å²) in [4.78, 5) is 49.7. The Labute approximate surface area is 362 Å². The molecule has 312 valence electrons. The second-order valence-electron chi connectivity index (χ2n) is 17.2. The molecule has 0 radical (unpaired) electrons. The summed E-state index contributed by atoms with van der Waals surface area (Å²) in [6.07, 6.45) is 6.88. The molecule has 0 bridgehead atoms. The number of nitrogens with zero attached hydrogens (tertiary/aromatic N) is 3. The van der Waals surface area contributed by atoms with Gasteiger partial charge < -0.3 is 24.4 Å². The van der Waals surface area contributed by atoms with Crippen molar-refractivity contribution in [3.63, 3.8) is 0 Å². The fraction of sp³-hybridized carbons (Fsp3) is 0.320. The number of hydrogen-bond acceptors (Lipinski definition) is 8. The minimum Gasteiger partial charge on any atom is -0.493 e. The lowest BCUT2D eigenvalue weighted by Crippen LogP contribution is -2.37. The monoisotopic (exact) mass is 834 g/mol. The van der Waals surface area contributed by atoms with Gasteiger partial charge in [-0.1, -0.05) is 50.2 Å². The van der Waals surface area contributed by atoms with E-state index >= 15 is 0 Å². The molecule has 1 N–H and O–H groups in total. The van der Waals surface area contributed by atoms with E-state index in [1.165, 1.54) is 5.56 Å². The molecular formula is C50H50N4O6S. The van der Waals surface area contributed by atoms with Gasteiger partial charge in [0, 0.05) is 58.5 Å². The summed E-state index contributed by atoms with van der Waals surface area (Å²) in [5.41, 5.74) is 9.98. The predicted octanol–water partition coefficient (Wildman–Crippen LogP) is 9.78. The molecule has 2 atom stereocenters. The average molecular weight is 835 g/mol. The van der Waals surface area contributed by atoms with E-state index in [-0.39, 0.29) is 47.8 Å². The molecule has 9 rings (SSSR count). The van der Waals surface area contributed by atoms with Gasteiger partial charge >= 0.3 is 0 Å². The van der Waals surface area contributed by atoms with E-state index in [0.29, 0.717) is 52.6 Å². The van der Waals surface area contributed by atoms with Crippen LogP contribution in [0.3, 0.4) is 0 Å². The van der Waals surface area contributed by atoms with Crippen molar-refractivity contribution in [3.8, 4) is 17.2 Å². The topological polar surface area (TPSA) is 110 Å². The number of para-hydroxylation sites is 2. The zero-order valence-electron chi connectivity index (χ0n) is 35.0. The third-order valence-electron chi connectivity index (χ3n) is 12.1. The summed E-state index contributed by atoms with van der Waals surface area (Å²) < 4.78 is 18.6. The number of hydrogen-bond donors (Lipinski definition) is 2. The maximum Gasteiger partial charge on any atom is 0.261 e. The molecule has 61 heavy (non-hydrogen) atoms. The van der Waals surface area contributed by atoms with Gasteiger partial charge in [0.05, 0.1) is 24.4 Å². The van der Waals surface area contributed by atoms with Gasteiger partial charge in [-0.05, 0) is 121 Å². The number of aryl methyl sites for hydroxylation is 2. The smallest absolute Gasteiger partial charge is 0.261 e. The summed E-state index contributed by atoms with van der Waals surface area (Å²) in [5, 5.41) is 3.09. The van der Waals surface area contributed by atoms with Gasteiger partial charge in [-0.3, -0.25) is 24.3 Å². The van der Waals surface area contributed by atoms with Gasteiger partial charge in [0.1, 0.15) is 19.0 Å². The number of ether oxygens (including phenoxy) is 3. The van der Waals surface area contributed by atoms with Gasteiger partial charge in [0.15, 0.2) is 11.5 Å². The first-order valence-corrected chi connectivity index (χ1v) is 21.5. The molecule has 0 spiro atoms. The Kier molecular flexibility index (Phi) is 10.9. The van der Waals surface area contributed by atoms with Crippen LogP contribution in [0.4, 0.5) is 22.7 Å². The van der Waals surface area contributed by atoms with Crippen LogP contribution in [0.25, 0.3) is 0 Å². The molecule has 3 amide bonds. The number of amides is 3. The highest BCUT2D eigenvalue weighted by atomic mass is 32.1. The Morgan fingerprint density at radius 1 is 0.803 bits per heavy atom. The Hall–Kier alpha value is -6.07. The molecular weight excluding hydrogens is 785 g/mol. The second kappa shape index (κ2) is 16.4. The number of fused-ring (bicyclic) bond motifs is 8. The zero-order valence-corrected chi connectivity index (χ0v) is 35.9. The quantitative estimate of drug-likeness (QED) is 0.121. The Bertz CT molecular complexity index is 2600.